The lowest BCUT2D eigenvalue weighted by Gasteiger charge is -2.35. The highest BCUT2D eigenvalue weighted by molar-refractivity contribution is 5.92. The topological polar surface area (TPSA) is 102 Å². The Bertz CT molecular complexity index is 637. The first-order valence-corrected chi connectivity index (χ1v) is 9.43. The monoisotopic (exact) mass is 363 g/mol. The summed E-state index contributed by atoms with van der Waals surface area (Å²) in [5.74, 6) is 0.241. The summed E-state index contributed by atoms with van der Waals surface area (Å²) in [6.07, 6.45) is 6.31. The van der Waals surface area contributed by atoms with Gasteiger partial charge in [0.25, 0.3) is 0 Å². The normalized spacial score (nSPS) is 29.0. The summed E-state index contributed by atoms with van der Waals surface area (Å²) in [6.45, 7) is 5.82. The van der Waals surface area contributed by atoms with Gasteiger partial charge in [-0.15, -0.1) is 0 Å². The molecule has 3 rings (SSSR count). The van der Waals surface area contributed by atoms with Crippen molar-refractivity contribution in [2.75, 3.05) is 25.0 Å². The molecule has 1 aliphatic heterocycles. The number of hydrogen-bond acceptors (Lipinski definition) is 5. The Morgan fingerprint density at radius 1 is 1.31 bits per heavy atom. The van der Waals surface area contributed by atoms with E-state index in [-0.39, 0.29) is 42.4 Å². The van der Waals surface area contributed by atoms with E-state index in [0.717, 1.165) is 19.3 Å². The molecule has 3 N–H and O–H groups in total. The highest BCUT2D eigenvalue weighted by atomic mass is 16.5. The first-order chi connectivity index (χ1) is 12.5. The van der Waals surface area contributed by atoms with E-state index in [4.69, 9.17) is 10.5 Å². The number of carbonyl (C=O) groups excluding carboxylic acids is 2. The Morgan fingerprint density at radius 2 is 2.04 bits per heavy atom. The summed E-state index contributed by atoms with van der Waals surface area (Å²) >= 11 is 0. The Kier molecular flexibility index (Phi) is 5.93. The third-order valence-electron chi connectivity index (χ3n) is 5.27. The maximum atomic E-state index is 12.5. The molecule has 2 aliphatic rings. The lowest BCUT2D eigenvalue weighted by Crippen LogP contribution is -2.49. The van der Waals surface area contributed by atoms with Crippen molar-refractivity contribution in [3.05, 3.63) is 12.4 Å². The van der Waals surface area contributed by atoms with Crippen LogP contribution in [0.15, 0.2) is 12.4 Å². The van der Waals surface area contributed by atoms with Crippen LogP contribution < -0.4 is 11.1 Å². The van der Waals surface area contributed by atoms with Gasteiger partial charge in [0.1, 0.15) is 6.54 Å². The number of nitrogens with two attached hydrogens (primary N) is 1. The van der Waals surface area contributed by atoms with Gasteiger partial charge in [-0.2, -0.15) is 5.10 Å². The standard InChI is InChI=1S/C18H29N5O3/c1-12-8-22(9-13(2)26-12)17(24)11-23-10-15(7-20-23)21-18(25)16-5-3-4-14(16)6-19/h7,10,12-14,16H,3-6,8-9,11,19H2,1-2H3,(H,21,25)/t12?,13?,14-,16-/m1/s1. The third kappa shape index (κ3) is 4.42. The molecule has 2 fully saturated rings. The largest absolute Gasteiger partial charge is 0.372 e. The molecule has 8 heteroatoms. The number of rotatable bonds is 5. The molecule has 1 saturated heterocycles. The molecular formula is C18H29N5O3. The molecule has 1 aliphatic carbocycles. The number of hydrogen-bond donors (Lipinski definition) is 2. The fourth-order valence-corrected chi connectivity index (χ4v) is 4.03. The van der Waals surface area contributed by atoms with E-state index < -0.39 is 0 Å². The van der Waals surface area contributed by atoms with Crippen molar-refractivity contribution >= 4 is 17.5 Å². The number of morpholine rings is 1. The molecule has 26 heavy (non-hydrogen) atoms. The Balaban J connectivity index is 1.54. The zero-order valence-electron chi connectivity index (χ0n) is 15.6. The number of nitrogens with zero attached hydrogens (tertiary/aromatic N) is 3. The van der Waals surface area contributed by atoms with Crippen LogP contribution in [0.25, 0.3) is 0 Å². The second-order valence-electron chi connectivity index (χ2n) is 7.51. The van der Waals surface area contributed by atoms with Gasteiger partial charge in [-0.25, -0.2) is 0 Å². The van der Waals surface area contributed by atoms with Gasteiger partial charge in [0, 0.05) is 25.2 Å². The maximum Gasteiger partial charge on any atom is 0.244 e. The van der Waals surface area contributed by atoms with Crippen molar-refractivity contribution < 1.29 is 14.3 Å². The number of carbonyl (C=O) groups is 2. The molecule has 8 nitrogen and oxygen atoms in total. The highest BCUT2D eigenvalue weighted by Gasteiger charge is 2.32. The molecule has 4 atom stereocenters. The molecule has 0 spiro atoms. The SMILES string of the molecule is CC1CN(C(=O)Cn2cc(NC(=O)[C@@H]3CCC[C@@H]3CN)cn2)CC(C)O1. The average molecular weight is 363 g/mol. The number of amides is 2. The van der Waals surface area contributed by atoms with E-state index in [1.807, 2.05) is 18.7 Å². The number of nitrogens with one attached hydrogen (secondary N) is 1. The van der Waals surface area contributed by atoms with E-state index in [1.165, 1.54) is 0 Å². The van der Waals surface area contributed by atoms with E-state index >= 15 is 0 Å². The first-order valence-electron chi connectivity index (χ1n) is 9.43. The minimum absolute atomic E-state index is 0.000319. The number of aromatic nitrogens is 2. The van der Waals surface area contributed by atoms with Gasteiger partial charge >= 0.3 is 0 Å². The van der Waals surface area contributed by atoms with Gasteiger partial charge in [-0.1, -0.05) is 6.42 Å². The minimum Gasteiger partial charge on any atom is -0.372 e. The van der Waals surface area contributed by atoms with Crippen molar-refractivity contribution in [2.24, 2.45) is 17.6 Å². The molecule has 0 radical (unpaired) electrons. The van der Waals surface area contributed by atoms with Crippen LogP contribution in [0.5, 0.6) is 0 Å². The summed E-state index contributed by atoms with van der Waals surface area (Å²) in [7, 11) is 0. The molecule has 144 valence electrons. The van der Waals surface area contributed by atoms with Gasteiger partial charge in [-0.05, 0) is 39.2 Å². The molecular weight excluding hydrogens is 334 g/mol. The van der Waals surface area contributed by atoms with Crippen LogP contribution in [-0.4, -0.2) is 58.3 Å². The second kappa shape index (κ2) is 8.18. The molecule has 1 aromatic heterocycles. The van der Waals surface area contributed by atoms with Gasteiger partial charge < -0.3 is 20.7 Å². The Morgan fingerprint density at radius 3 is 2.73 bits per heavy atom. The van der Waals surface area contributed by atoms with Crippen LogP contribution >= 0.6 is 0 Å². The van der Waals surface area contributed by atoms with Crippen molar-refractivity contribution in [3.63, 3.8) is 0 Å². The highest BCUT2D eigenvalue weighted by Crippen LogP contribution is 2.31. The molecule has 0 aromatic carbocycles. The van der Waals surface area contributed by atoms with E-state index in [9.17, 15) is 9.59 Å². The van der Waals surface area contributed by atoms with Crippen molar-refractivity contribution in [3.8, 4) is 0 Å². The van der Waals surface area contributed by atoms with Gasteiger partial charge in [0.2, 0.25) is 11.8 Å². The molecule has 2 unspecified atom stereocenters. The molecule has 2 amide bonds. The van der Waals surface area contributed by atoms with E-state index in [0.29, 0.717) is 25.3 Å². The molecule has 2 heterocycles. The fourth-order valence-electron chi connectivity index (χ4n) is 4.03. The Labute approximate surface area is 154 Å². The van der Waals surface area contributed by atoms with Crippen molar-refractivity contribution in [1.82, 2.24) is 14.7 Å². The quantitative estimate of drug-likeness (QED) is 0.807. The van der Waals surface area contributed by atoms with Crippen LogP contribution in [0.2, 0.25) is 0 Å². The van der Waals surface area contributed by atoms with Crippen LogP contribution in [0.3, 0.4) is 0 Å². The number of anilines is 1. The predicted molar refractivity (Wildman–Crippen MR) is 97.3 cm³/mol. The van der Waals surface area contributed by atoms with Crippen molar-refractivity contribution in [1.29, 1.82) is 0 Å². The van der Waals surface area contributed by atoms with Crippen LogP contribution in [0, 0.1) is 11.8 Å². The lowest BCUT2D eigenvalue weighted by molar-refractivity contribution is -0.144. The average Bonchev–Trinajstić information content (AvgIpc) is 3.22. The van der Waals surface area contributed by atoms with Gasteiger partial charge in [-0.3, -0.25) is 14.3 Å². The van der Waals surface area contributed by atoms with Gasteiger partial charge in [0.15, 0.2) is 0 Å². The van der Waals surface area contributed by atoms with Gasteiger partial charge in [0.05, 0.1) is 24.1 Å². The molecule has 1 saturated carbocycles. The summed E-state index contributed by atoms with van der Waals surface area (Å²) in [6, 6.07) is 0. The summed E-state index contributed by atoms with van der Waals surface area (Å²) in [5, 5.41) is 7.12. The second-order valence-corrected chi connectivity index (χ2v) is 7.51. The maximum absolute atomic E-state index is 12.5. The van der Waals surface area contributed by atoms with E-state index in [2.05, 4.69) is 10.4 Å². The van der Waals surface area contributed by atoms with Crippen molar-refractivity contribution in [2.45, 2.75) is 51.9 Å². The summed E-state index contributed by atoms with van der Waals surface area (Å²) < 4.78 is 7.23. The zero-order chi connectivity index (χ0) is 18.7. The zero-order valence-corrected chi connectivity index (χ0v) is 15.6. The van der Waals surface area contributed by atoms with Crippen LogP contribution in [-0.2, 0) is 20.9 Å². The fraction of sp³-hybridized carbons (Fsp3) is 0.722. The molecule has 0 bridgehead atoms. The first kappa shape index (κ1) is 18.8. The Hall–Kier alpha value is -1.93. The lowest BCUT2D eigenvalue weighted by atomic mass is 9.95. The minimum atomic E-state index is -0.0266. The number of ether oxygens (including phenoxy) is 1. The summed E-state index contributed by atoms with van der Waals surface area (Å²) in [5.41, 5.74) is 6.38. The van der Waals surface area contributed by atoms with E-state index in [1.54, 1.807) is 17.1 Å². The van der Waals surface area contributed by atoms with Crippen LogP contribution in [0.1, 0.15) is 33.1 Å². The summed E-state index contributed by atoms with van der Waals surface area (Å²) in [4.78, 5) is 26.7. The smallest absolute Gasteiger partial charge is 0.244 e. The third-order valence-corrected chi connectivity index (χ3v) is 5.27. The molecule has 1 aromatic rings. The predicted octanol–water partition coefficient (Wildman–Crippen LogP) is 0.832. The van der Waals surface area contributed by atoms with Crippen LogP contribution in [0.4, 0.5) is 5.69 Å².